The number of methoxy groups -OCH3 is 1. The summed E-state index contributed by atoms with van der Waals surface area (Å²) in [5.41, 5.74) is 3.88. The van der Waals surface area contributed by atoms with Gasteiger partial charge in [0.2, 0.25) is 0 Å². The molecule has 3 aromatic rings. The van der Waals surface area contributed by atoms with E-state index in [1.54, 1.807) is 13.2 Å². The zero-order valence-electron chi connectivity index (χ0n) is 15.0. The number of carbonyl (C=O) groups is 1. The van der Waals surface area contributed by atoms with Gasteiger partial charge in [0, 0.05) is 6.04 Å². The van der Waals surface area contributed by atoms with Crippen molar-refractivity contribution in [2.75, 3.05) is 7.11 Å². The average Bonchev–Trinajstić information content (AvgIpc) is 3.42. The molecule has 0 bridgehead atoms. The third kappa shape index (κ3) is 3.57. The van der Waals surface area contributed by atoms with Crippen molar-refractivity contribution in [1.29, 1.82) is 0 Å². The fourth-order valence-corrected chi connectivity index (χ4v) is 3.02. The minimum atomic E-state index is -0.119. The Kier molecular flexibility index (Phi) is 4.64. The van der Waals surface area contributed by atoms with Crippen molar-refractivity contribution in [2.24, 2.45) is 0 Å². The molecule has 1 amide bonds. The number of carbonyl (C=O) groups excluding carboxylic acids is 1. The van der Waals surface area contributed by atoms with Crippen LogP contribution in [0.4, 0.5) is 0 Å². The minimum absolute atomic E-state index is 0.0247. The number of H-pyrrole nitrogens is 1. The highest BCUT2D eigenvalue weighted by molar-refractivity contribution is 6.05. The maximum atomic E-state index is 12.5. The molecule has 3 N–H and O–H groups in total. The highest BCUT2D eigenvalue weighted by Gasteiger charge is 2.26. The summed E-state index contributed by atoms with van der Waals surface area (Å²) in [7, 11) is 1.57. The zero-order valence-corrected chi connectivity index (χ0v) is 15.0. The van der Waals surface area contributed by atoms with Crippen LogP contribution in [-0.2, 0) is 6.61 Å². The number of aliphatic hydroxyl groups is 1. The molecule has 1 fully saturated rings. The Bertz CT molecular complexity index is 1000. The molecule has 0 aliphatic heterocycles. The van der Waals surface area contributed by atoms with E-state index in [-0.39, 0.29) is 18.6 Å². The third-order valence-electron chi connectivity index (χ3n) is 4.67. The number of benzene rings is 2. The number of hydrogen-bond donors (Lipinski definition) is 3. The molecule has 1 aliphatic rings. The number of amides is 1. The summed E-state index contributed by atoms with van der Waals surface area (Å²) in [6.45, 7) is 0.0247. The van der Waals surface area contributed by atoms with Crippen molar-refractivity contribution in [3.05, 3.63) is 58.8 Å². The predicted octanol–water partition coefficient (Wildman–Crippen LogP) is 3.13. The van der Waals surface area contributed by atoms with E-state index in [2.05, 4.69) is 15.5 Å². The van der Waals surface area contributed by atoms with Crippen LogP contribution in [0, 0.1) is 0 Å². The Morgan fingerprint density at radius 3 is 2.70 bits per heavy atom. The lowest BCUT2D eigenvalue weighted by Crippen LogP contribution is -2.25. The van der Waals surface area contributed by atoms with E-state index in [1.165, 1.54) is 0 Å². The molecule has 4 rings (SSSR count). The number of aromatic amines is 1. The van der Waals surface area contributed by atoms with E-state index in [0.717, 1.165) is 34.9 Å². The van der Waals surface area contributed by atoms with Crippen LogP contribution in [0.15, 0.2) is 36.4 Å². The first-order chi connectivity index (χ1) is 13.2. The number of aromatic nitrogens is 2. The van der Waals surface area contributed by atoms with Gasteiger partial charge in [-0.25, -0.2) is 0 Å². The highest BCUT2D eigenvalue weighted by atomic mass is 16.5. The second-order valence-electron chi connectivity index (χ2n) is 6.66. The van der Waals surface area contributed by atoms with Gasteiger partial charge in [-0.15, -0.1) is 0 Å². The molecule has 2 aromatic carbocycles. The van der Waals surface area contributed by atoms with Crippen LogP contribution in [0.5, 0.6) is 5.75 Å². The Morgan fingerprint density at radius 1 is 1.26 bits per heavy atom. The first-order valence-corrected chi connectivity index (χ1v) is 8.93. The fourth-order valence-electron chi connectivity index (χ4n) is 3.02. The second-order valence-corrected chi connectivity index (χ2v) is 6.66. The zero-order chi connectivity index (χ0) is 18.8. The van der Waals surface area contributed by atoms with Gasteiger partial charge in [-0.05, 0) is 42.2 Å². The Labute approximate surface area is 156 Å². The van der Waals surface area contributed by atoms with Crippen LogP contribution in [0.1, 0.15) is 40.0 Å². The monoisotopic (exact) mass is 363 g/mol. The first kappa shape index (κ1) is 17.3. The molecule has 0 spiro atoms. The van der Waals surface area contributed by atoms with Crippen molar-refractivity contribution in [2.45, 2.75) is 25.5 Å². The van der Waals surface area contributed by atoms with Crippen LogP contribution >= 0.6 is 0 Å². The van der Waals surface area contributed by atoms with Gasteiger partial charge in [-0.3, -0.25) is 9.89 Å². The molecule has 1 heterocycles. The average molecular weight is 363 g/mol. The molecule has 1 aliphatic carbocycles. The number of rotatable bonds is 6. The molecule has 0 radical (unpaired) electrons. The largest absolute Gasteiger partial charge is 0.495 e. The highest BCUT2D eigenvalue weighted by Crippen LogP contribution is 2.33. The minimum Gasteiger partial charge on any atom is -0.495 e. The summed E-state index contributed by atoms with van der Waals surface area (Å²) in [4.78, 5) is 12.5. The van der Waals surface area contributed by atoms with Crippen molar-refractivity contribution < 1.29 is 14.6 Å². The number of fused-ring (bicyclic) bond motifs is 1. The van der Waals surface area contributed by atoms with Crippen LogP contribution in [-0.4, -0.2) is 34.4 Å². The lowest BCUT2D eigenvalue weighted by atomic mass is 10.1. The molecule has 1 saturated carbocycles. The van der Waals surface area contributed by atoms with Crippen molar-refractivity contribution in [1.82, 2.24) is 15.5 Å². The van der Waals surface area contributed by atoms with E-state index in [4.69, 9.17) is 9.84 Å². The molecular formula is C21H21N3O3. The van der Waals surface area contributed by atoms with Gasteiger partial charge in [0.15, 0.2) is 0 Å². The van der Waals surface area contributed by atoms with Crippen LogP contribution in [0.25, 0.3) is 23.1 Å². The normalized spacial score (nSPS) is 14.0. The number of ether oxygens (including phenoxy) is 1. The molecular weight excluding hydrogens is 342 g/mol. The molecule has 1 aromatic heterocycles. The second kappa shape index (κ2) is 7.25. The molecule has 27 heavy (non-hydrogen) atoms. The number of aliphatic hydroxyl groups excluding tert-OH is 1. The van der Waals surface area contributed by atoms with Crippen molar-refractivity contribution >= 4 is 29.0 Å². The van der Waals surface area contributed by atoms with Gasteiger partial charge < -0.3 is 15.2 Å². The van der Waals surface area contributed by atoms with E-state index >= 15 is 0 Å². The van der Waals surface area contributed by atoms with E-state index in [1.807, 2.05) is 42.5 Å². The van der Waals surface area contributed by atoms with Crippen molar-refractivity contribution in [3.63, 3.8) is 0 Å². The Balaban J connectivity index is 1.69. The Hall–Kier alpha value is -3.12. The van der Waals surface area contributed by atoms with Gasteiger partial charge >= 0.3 is 0 Å². The van der Waals surface area contributed by atoms with E-state index in [0.29, 0.717) is 17.0 Å². The van der Waals surface area contributed by atoms with Gasteiger partial charge in [0.1, 0.15) is 5.75 Å². The first-order valence-electron chi connectivity index (χ1n) is 8.93. The van der Waals surface area contributed by atoms with Gasteiger partial charge in [-0.2, -0.15) is 5.10 Å². The standard InChI is InChI=1S/C21H21N3O3/c1-27-20-16(21(26)22-15-7-8-15)9-11-18-19(20)17(23-24-18)10-6-13-2-4-14(12-25)5-3-13/h2-6,9-11,15,25H,7-8,12H2,1H3,(H,22,26)(H,23,24). The number of hydrogen-bond acceptors (Lipinski definition) is 4. The smallest absolute Gasteiger partial charge is 0.255 e. The maximum absolute atomic E-state index is 12.5. The quantitative estimate of drug-likeness (QED) is 0.628. The van der Waals surface area contributed by atoms with Crippen LogP contribution in [0.2, 0.25) is 0 Å². The topological polar surface area (TPSA) is 87.2 Å². The van der Waals surface area contributed by atoms with E-state index < -0.39 is 0 Å². The molecule has 138 valence electrons. The molecule has 0 atom stereocenters. The summed E-state index contributed by atoms with van der Waals surface area (Å²) in [6.07, 6.45) is 5.89. The molecule has 6 heteroatoms. The predicted molar refractivity (Wildman–Crippen MR) is 104 cm³/mol. The number of nitrogens with zero attached hydrogens (tertiary/aromatic N) is 1. The summed E-state index contributed by atoms with van der Waals surface area (Å²) in [6, 6.07) is 11.5. The lowest BCUT2D eigenvalue weighted by Gasteiger charge is -2.10. The van der Waals surface area contributed by atoms with Gasteiger partial charge in [0.05, 0.1) is 35.9 Å². The lowest BCUT2D eigenvalue weighted by molar-refractivity contribution is 0.0948. The molecule has 6 nitrogen and oxygen atoms in total. The van der Waals surface area contributed by atoms with E-state index in [9.17, 15) is 4.79 Å². The van der Waals surface area contributed by atoms with Crippen LogP contribution < -0.4 is 10.1 Å². The molecule has 0 unspecified atom stereocenters. The summed E-state index contributed by atoms with van der Waals surface area (Å²) >= 11 is 0. The summed E-state index contributed by atoms with van der Waals surface area (Å²) in [5.74, 6) is 0.404. The summed E-state index contributed by atoms with van der Waals surface area (Å²) in [5, 5.41) is 20.3. The Morgan fingerprint density at radius 2 is 2.04 bits per heavy atom. The van der Waals surface area contributed by atoms with Crippen molar-refractivity contribution in [3.8, 4) is 5.75 Å². The maximum Gasteiger partial charge on any atom is 0.255 e. The number of nitrogens with one attached hydrogen (secondary N) is 2. The van der Waals surface area contributed by atoms with Crippen LogP contribution in [0.3, 0.4) is 0 Å². The SMILES string of the molecule is COc1c(C(=O)NC2CC2)ccc2[nH]nc(C=Cc3ccc(CO)cc3)c12. The van der Waals surface area contributed by atoms with Gasteiger partial charge in [-0.1, -0.05) is 30.3 Å². The molecule has 0 saturated heterocycles. The van der Waals surface area contributed by atoms with Gasteiger partial charge in [0.25, 0.3) is 5.91 Å². The summed E-state index contributed by atoms with van der Waals surface area (Å²) < 4.78 is 5.58. The fraction of sp³-hybridized carbons (Fsp3) is 0.238. The third-order valence-corrected chi connectivity index (χ3v) is 4.67.